The van der Waals surface area contributed by atoms with Crippen LogP contribution in [0.5, 0.6) is 0 Å². The molecule has 132 valence electrons. The van der Waals surface area contributed by atoms with Crippen molar-refractivity contribution in [2.45, 2.75) is 77.6 Å². The van der Waals surface area contributed by atoms with Crippen LogP contribution in [0.3, 0.4) is 0 Å². The van der Waals surface area contributed by atoms with E-state index < -0.39 is 0 Å². The molecule has 1 aromatic carbocycles. The van der Waals surface area contributed by atoms with E-state index in [4.69, 9.17) is 10.7 Å². The van der Waals surface area contributed by atoms with Gasteiger partial charge in [-0.05, 0) is 37.1 Å². The van der Waals surface area contributed by atoms with E-state index in [1.807, 2.05) is 12.1 Å². The highest BCUT2D eigenvalue weighted by Gasteiger charge is 2.04. The molecule has 1 heterocycles. The van der Waals surface area contributed by atoms with Gasteiger partial charge in [0.1, 0.15) is 5.01 Å². The maximum Gasteiger partial charge on any atom is 0.123 e. The van der Waals surface area contributed by atoms with E-state index in [-0.39, 0.29) is 0 Å². The van der Waals surface area contributed by atoms with Gasteiger partial charge in [-0.3, -0.25) is 0 Å². The van der Waals surface area contributed by atoms with Crippen molar-refractivity contribution >= 4 is 17.0 Å². The second-order valence-corrected chi connectivity index (χ2v) is 7.56. The summed E-state index contributed by atoms with van der Waals surface area (Å²) < 4.78 is 0. The van der Waals surface area contributed by atoms with Crippen molar-refractivity contribution in [1.29, 1.82) is 0 Å². The van der Waals surface area contributed by atoms with Crippen molar-refractivity contribution in [3.8, 4) is 10.6 Å². The molecule has 0 unspecified atom stereocenters. The van der Waals surface area contributed by atoms with Crippen LogP contribution in [0.4, 0.5) is 5.69 Å². The molecule has 0 aliphatic heterocycles. The quantitative estimate of drug-likeness (QED) is 0.337. The van der Waals surface area contributed by atoms with Crippen LogP contribution in [-0.4, -0.2) is 4.98 Å². The number of hydrogen-bond donors (Lipinski definition) is 1. The number of rotatable bonds is 12. The van der Waals surface area contributed by atoms with E-state index in [0.29, 0.717) is 0 Å². The zero-order valence-corrected chi connectivity index (χ0v) is 15.9. The normalized spacial score (nSPS) is 11.0. The molecule has 3 heteroatoms. The Morgan fingerprint density at radius 1 is 0.833 bits per heavy atom. The fourth-order valence-corrected chi connectivity index (χ4v) is 3.83. The summed E-state index contributed by atoms with van der Waals surface area (Å²) in [6.07, 6.45) is 15.0. The van der Waals surface area contributed by atoms with Gasteiger partial charge in [0, 0.05) is 16.6 Å². The molecule has 0 saturated carbocycles. The lowest BCUT2D eigenvalue weighted by molar-refractivity contribution is 0.555. The topological polar surface area (TPSA) is 38.9 Å². The van der Waals surface area contributed by atoms with Gasteiger partial charge in [-0.15, -0.1) is 11.3 Å². The van der Waals surface area contributed by atoms with Crippen molar-refractivity contribution in [3.63, 3.8) is 0 Å². The third-order valence-electron chi connectivity index (χ3n) is 4.50. The van der Waals surface area contributed by atoms with Gasteiger partial charge in [0.25, 0.3) is 0 Å². The molecule has 2 N–H and O–H groups in total. The van der Waals surface area contributed by atoms with Crippen LogP contribution < -0.4 is 5.73 Å². The van der Waals surface area contributed by atoms with Crippen LogP contribution >= 0.6 is 11.3 Å². The standard InChI is InChI=1S/C21H32N2S/c1-2-3-4-5-6-7-8-9-10-11-12-20-17-24-21(23-20)18-13-15-19(22)16-14-18/h13-17H,2-12,22H2,1H3. The monoisotopic (exact) mass is 344 g/mol. The summed E-state index contributed by atoms with van der Waals surface area (Å²) in [5, 5.41) is 3.32. The molecule has 1 aromatic heterocycles. The van der Waals surface area contributed by atoms with E-state index in [1.165, 1.54) is 75.5 Å². The summed E-state index contributed by atoms with van der Waals surface area (Å²) in [5.74, 6) is 0. The van der Waals surface area contributed by atoms with Crippen LogP contribution in [0.1, 0.15) is 76.8 Å². The van der Waals surface area contributed by atoms with Crippen molar-refractivity contribution in [1.82, 2.24) is 4.98 Å². The second kappa shape index (κ2) is 11.2. The van der Waals surface area contributed by atoms with Crippen molar-refractivity contribution in [2.24, 2.45) is 0 Å². The Kier molecular flexibility index (Phi) is 8.90. The van der Waals surface area contributed by atoms with Crippen molar-refractivity contribution in [3.05, 3.63) is 35.3 Å². The Morgan fingerprint density at radius 3 is 2.04 bits per heavy atom. The van der Waals surface area contributed by atoms with Gasteiger partial charge in [0.05, 0.1) is 5.69 Å². The number of unbranched alkanes of at least 4 members (excludes halogenated alkanes) is 9. The van der Waals surface area contributed by atoms with Crippen LogP contribution in [0.2, 0.25) is 0 Å². The van der Waals surface area contributed by atoms with Crippen LogP contribution in [0.25, 0.3) is 10.6 Å². The lowest BCUT2D eigenvalue weighted by Crippen LogP contribution is -1.88. The molecule has 0 bridgehead atoms. The number of hydrogen-bond acceptors (Lipinski definition) is 3. The predicted octanol–water partition coefficient (Wildman–Crippen LogP) is 6.86. The first kappa shape index (κ1) is 19.0. The number of nitrogen functional groups attached to an aromatic ring is 1. The Labute approximate surface area is 151 Å². The first-order valence-electron chi connectivity index (χ1n) is 9.60. The lowest BCUT2D eigenvalue weighted by Gasteiger charge is -2.01. The molecule has 24 heavy (non-hydrogen) atoms. The zero-order chi connectivity index (χ0) is 17.0. The SMILES string of the molecule is CCCCCCCCCCCCc1csc(-c2ccc(N)cc2)n1. The average molecular weight is 345 g/mol. The molecular weight excluding hydrogens is 312 g/mol. The molecule has 0 atom stereocenters. The molecule has 2 rings (SSSR count). The summed E-state index contributed by atoms with van der Waals surface area (Å²) in [5.41, 5.74) is 8.96. The summed E-state index contributed by atoms with van der Waals surface area (Å²) in [7, 11) is 0. The Hall–Kier alpha value is -1.35. The summed E-state index contributed by atoms with van der Waals surface area (Å²) in [6, 6.07) is 7.99. The highest BCUT2D eigenvalue weighted by atomic mass is 32.1. The molecule has 0 saturated heterocycles. The Bertz CT molecular complexity index is 559. The van der Waals surface area contributed by atoms with Crippen LogP contribution in [-0.2, 0) is 6.42 Å². The zero-order valence-electron chi connectivity index (χ0n) is 15.1. The first-order chi connectivity index (χ1) is 11.8. The molecule has 2 nitrogen and oxygen atoms in total. The van der Waals surface area contributed by atoms with E-state index in [9.17, 15) is 0 Å². The molecular formula is C21H32N2S. The summed E-state index contributed by atoms with van der Waals surface area (Å²) in [6.45, 7) is 2.28. The smallest absolute Gasteiger partial charge is 0.123 e. The van der Waals surface area contributed by atoms with Crippen LogP contribution in [0.15, 0.2) is 29.6 Å². The van der Waals surface area contributed by atoms with E-state index >= 15 is 0 Å². The third-order valence-corrected chi connectivity index (χ3v) is 5.44. The minimum Gasteiger partial charge on any atom is -0.399 e. The van der Waals surface area contributed by atoms with Gasteiger partial charge in [-0.2, -0.15) is 0 Å². The molecule has 0 fully saturated rings. The molecule has 0 aliphatic rings. The van der Waals surface area contributed by atoms with Crippen molar-refractivity contribution < 1.29 is 0 Å². The summed E-state index contributed by atoms with van der Waals surface area (Å²) in [4.78, 5) is 4.76. The fourth-order valence-electron chi connectivity index (χ4n) is 2.97. The third kappa shape index (κ3) is 7.04. The van der Waals surface area contributed by atoms with Gasteiger partial charge in [0.2, 0.25) is 0 Å². The largest absolute Gasteiger partial charge is 0.399 e. The Balaban J connectivity index is 1.56. The van der Waals surface area contributed by atoms with Gasteiger partial charge in [0.15, 0.2) is 0 Å². The predicted molar refractivity (Wildman–Crippen MR) is 108 cm³/mol. The number of benzene rings is 1. The van der Waals surface area contributed by atoms with Gasteiger partial charge >= 0.3 is 0 Å². The first-order valence-corrected chi connectivity index (χ1v) is 10.5. The highest BCUT2D eigenvalue weighted by Crippen LogP contribution is 2.25. The number of aromatic nitrogens is 1. The minimum absolute atomic E-state index is 0.806. The molecule has 0 aliphatic carbocycles. The second-order valence-electron chi connectivity index (χ2n) is 6.70. The minimum atomic E-state index is 0.806. The number of nitrogens with two attached hydrogens (primary N) is 1. The average Bonchev–Trinajstić information content (AvgIpc) is 3.06. The van der Waals surface area contributed by atoms with Gasteiger partial charge in [-0.25, -0.2) is 4.98 Å². The maximum absolute atomic E-state index is 5.74. The number of anilines is 1. The highest BCUT2D eigenvalue weighted by molar-refractivity contribution is 7.13. The molecule has 2 aromatic rings. The van der Waals surface area contributed by atoms with Gasteiger partial charge < -0.3 is 5.73 Å². The van der Waals surface area contributed by atoms with Gasteiger partial charge in [-0.1, -0.05) is 64.7 Å². The number of nitrogens with zero attached hydrogens (tertiary/aromatic N) is 1. The van der Waals surface area contributed by atoms with E-state index in [0.717, 1.165) is 17.1 Å². The molecule has 0 amide bonds. The van der Waals surface area contributed by atoms with Crippen molar-refractivity contribution in [2.75, 3.05) is 5.73 Å². The lowest BCUT2D eigenvalue weighted by atomic mass is 10.1. The van der Waals surface area contributed by atoms with E-state index in [2.05, 4.69) is 24.4 Å². The summed E-state index contributed by atoms with van der Waals surface area (Å²) >= 11 is 1.74. The number of thiazole rings is 1. The fraction of sp³-hybridized carbons (Fsp3) is 0.571. The van der Waals surface area contributed by atoms with E-state index in [1.54, 1.807) is 11.3 Å². The molecule has 0 radical (unpaired) electrons. The van der Waals surface area contributed by atoms with Crippen LogP contribution in [0, 0.1) is 0 Å². The Morgan fingerprint density at radius 2 is 1.42 bits per heavy atom. The molecule has 0 spiro atoms. The number of aryl methyl sites for hydroxylation is 1. The maximum atomic E-state index is 5.74.